The average Bonchev–Trinajstić information content (AvgIpc) is 3.03. The van der Waals surface area contributed by atoms with E-state index in [1.54, 1.807) is 11.3 Å². The highest BCUT2D eigenvalue weighted by Gasteiger charge is 2.44. The van der Waals surface area contributed by atoms with E-state index in [1.165, 1.54) is 4.88 Å². The summed E-state index contributed by atoms with van der Waals surface area (Å²) in [4.78, 5) is 1.29. The molecule has 0 amide bonds. The predicted molar refractivity (Wildman–Crippen MR) is 76.7 cm³/mol. The van der Waals surface area contributed by atoms with Crippen molar-refractivity contribution in [3.63, 3.8) is 0 Å². The maximum absolute atomic E-state index is 5.92. The molecule has 0 bridgehead atoms. The molecule has 0 N–H and O–H groups in total. The molecule has 1 fully saturated rings. The Morgan fingerprint density at radius 2 is 2.37 bits per heavy atom. The van der Waals surface area contributed by atoms with Gasteiger partial charge in [0.25, 0.3) is 0 Å². The smallest absolute Gasteiger partial charge is 0.402 e. The summed E-state index contributed by atoms with van der Waals surface area (Å²) in [6.45, 7) is 6.93. The van der Waals surface area contributed by atoms with E-state index in [9.17, 15) is 0 Å². The first-order valence-corrected chi connectivity index (χ1v) is 7.30. The van der Waals surface area contributed by atoms with Crippen molar-refractivity contribution < 1.29 is 9.31 Å². The second-order valence-electron chi connectivity index (χ2n) is 5.38. The van der Waals surface area contributed by atoms with Crippen molar-refractivity contribution >= 4 is 23.9 Å². The van der Waals surface area contributed by atoms with Crippen molar-refractivity contribution in [3.8, 4) is 0 Å². The van der Waals surface area contributed by atoms with Crippen LogP contribution in [0.5, 0.6) is 0 Å². The minimum Gasteiger partial charge on any atom is -0.402 e. The van der Waals surface area contributed by atoms with Crippen molar-refractivity contribution in [1.82, 2.24) is 9.78 Å². The summed E-state index contributed by atoms with van der Waals surface area (Å²) in [5, 5.41) is 6.45. The molecule has 1 atom stereocenters. The number of thiophene rings is 1. The summed E-state index contributed by atoms with van der Waals surface area (Å²) in [5.74, 6) is 0. The predicted octanol–water partition coefficient (Wildman–Crippen LogP) is 1.90. The maximum Gasteiger partial charge on any atom is 0.497 e. The Labute approximate surface area is 117 Å². The van der Waals surface area contributed by atoms with Gasteiger partial charge in [0.2, 0.25) is 0 Å². The van der Waals surface area contributed by atoms with Crippen LogP contribution < -0.4 is 5.46 Å². The molecule has 0 spiro atoms. The van der Waals surface area contributed by atoms with Gasteiger partial charge in [0.15, 0.2) is 0 Å². The molecular weight excluding hydrogens is 259 g/mol. The van der Waals surface area contributed by atoms with Gasteiger partial charge in [-0.25, -0.2) is 0 Å². The molecule has 3 heterocycles. The van der Waals surface area contributed by atoms with Gasteiger partial charge in [0.05, 0.1) is 18.2 Å². The van der Waals surface area contributed by atoms with Gasteiger partial charge in [0.1, 0.15) is 0 Å². The summed E-state index contributed by atoms with van der Waals surface area (Å²) >= 11 is 1.74. The zero-order valence-electron chi connectivity index (χ0n) is 11.4. The zero-order chi connectivity index (χ0) is 13.5. The highest BCUT2D eigenvalue weighted by molar-refractivity contribution is 7.09. The molecule has 100 valence electrons. The lowest BCUT2D eigenvalue weighted by molar-refractivity contribution is 0.0842. The van der Waals surface area contributed by atoms with Gasteiger partial charge < -0.3 is 9.31 Å². The highest BCUT2D eigenvalue weighted by atomic mass is 32.1. The molecule has 0 radical (unpaired) electrons. The van der Waals surface area contributed by atoms with Crippen LogP contribution in [0.4, 0.5) is 0 Å². The number of hydrogen-bond acceptors (Lipinski definition) is 4. The third kappa shape index (κ3) is 2.61. The van der Waals surface area contributed by atoms with Gasteiger partial charge in [-0.15, -0.1) is 11.3 Å². The minimum absolute atomic E-state index is 0.0816. The fourth-order valence-electron chi connectivity index (χ4n) is 2.05. The average molecular weight is 276 g/mol. The number of aromatic nitrogens is 2. The van der Waals surface area contributed by atoms with Crippen LogP contribution in [-0.4, -0.2) is 28.6 Å². The van der Waals surface area contributed by atoms with E-state index in [2.05, 4.69) is 22.6 Å². The monoisotopic (exact) mass is 276 g/mol. The van der Waals surface area contributed by atoms with Crippen LogP contribution >= 0.6 is 11.3 Å². The molecule has 6 heteroatoms. The van der Waals surface area contributed by atoms with Crippen LogP contribution in [0.1, 0.15) is 25.6 Å². The van der Waals surface area contributed by atoms with E-state index in [0.29, 0.717) is 0 Å². The largest absolute Gasteiger partial charge is 0.497 e. The molecule has 0 saturated carbocycles. The summed E-state index contributed by atoms with van der Waals surface area (Å²) in [7, 11) is -0.304. The van der Waals surface area contributed by atoms with Crippen LogP contribution in [0.2, 0.25) is 0 Å². The molecule has 2 aromatic heterocycles. The Morgan fingerprint density at radius 3 is 3.00 bits per heavy atom. The maximum atomic E-state index is 5.92. The second-order valence-corrected chi connectivity index (χ2v) is 6.41. The molecule has 1 aliphatic rings. The van der Waals surface area contributed by atoms with Gasteiger partial charge in [-0.2, -0.15) is 5.10 Å². The van der Waals surface area contributed by atoms with Gasteiger partial charge >= 0.3 is 7.12 Å². The first-order chi connectivity index (χ1) is 9.04. The van der Waals surface area contributed by atoms with Gasteiger partial charge in [-0.1, -0.05) is 6.07 Å². The molecule has 19 heavy (non-hydrogen) atoms. The molecule has 1 aliphatic heterocycles. The van der Waals surface area contributed by atoms with Crippen LogP contribution in [0, 0.1) is 0 Å². The summed E-state index contributed by atoms with van der Waals surface area (Å²) in [5.41, 5.74) is 0.731. The summed E-state index contributed by atoms with van der Waals surface area (Å²) < 4.78 is 13.7. The molecule has 0 aliphatic carbocycles. The molecule has 4 nitrogen and oxygen atoms in total. The lowest BCUT2D eigenvalue weighted by atomic mass is 9.82. The first kappa shape index (κ1) is 12.9. The molecular formula is C13H17BN2O2S. The Kier molecular flexibility index (Phi) is 3.24. The van der Waals surface area contributed by atoms with Crippen molar-refractivity contribution in [2.24, 2.45) is 0 Å². The van der Waals surface area contributed by atoms with Crippen molar-refractivity contribution in [2.75, 3.05) is 0 Å². The first-order valence-electron chi connectivity index (χ1n) is 6.42. The quantitative estimate of drug-likeness (QED) is 0.803. The number of rotatable bonds is 3. The second kappa shape index (κ2) is 4.78. The third-order valence-electron chi connectivity index (χ3n) is 3.54. The molecule has 1 unspecified atom stereocenters. The number of nitrogens with zero attached hydrogens (tertiary/aromatic N) is 2. The van der Waals surface area contributed by atoms with Crippen molar-refractivity contribution in [1.29, 1.82) is 0 Å². The highest BCUT2D eigenvalue weighted by Crippen LogP contribution is 2.26. The Balaban J connectivity index is 1.72. The van der Waals surface area contributed by atoms with E-state index in [-0.39, 0.29) is 18.8 Å². The fraction of sp³-hybridized carbons (Fsp3) is 0.462. The van der Waals surface area contributed by atoms with E-state index in [4.69, 9.17) is 9.31 Å². The van der Waals surface area contributed by atoms with E-state index < -0.39 is 0 Å². The Bertz CT molecular complexity index is 553. The normalized spacial score (nSPS) is 22.1. The van der Waals surface area contributed by atoms with Gasteiger partial charge in [-0.3, -0.25) is 4.68 Å². The topological polar surface area (TPSA) is 36.3 Å². The SMILES string of the molecule is CC1OB(c2cnn(Cc3cccs3)c2)OC1(C)C. The van der Waals surface area contributed by atoms with E-state index in [0.717, 1.165) is 12.0 Å². The molecule has 0 aromatic carbocycles. The van der Waals surface area contributed by atoms with Crippen molar-refractivity contribution in [2.45, 2.75) is 39.0 Å². The van der Waals surface area contributed by atoms with Crippen LogP contribution in [0.15, 0.2) is 29.9 Å². The van der Waals surface area contributed by atoms with Gasteiger partial charge in [-0.05, 0) is 32.2 Å². The van der Waals surface area contributed by atoms with E-state index >= 15 is 0 Å². The fourth-order valence-corrected chi connectivity index (χ4v) is 2.74. The molecule has 3 rings (SSSR count). The summed E-state index contributed by atoms with van der Waals surface area (Å²) in [6.07, 6.45) is 3.91. The summed E-state index contributed by atoms with van der Waals surface area (Å²) in [6, 6.07) is 4.16. The van der Waals surface area contributed by atoms with Crippen LogP contribution in [0.25, 0.3) is 0 Å². The van der Waals surface area contributed by atoms with Crippen LogP contribution in [-0.2, 0) is 15.9 Å². The molecule has 2 aromatic rings. The lowest BCUT2D eigenvalue weighted by Gasteiger charge is -2.21. The van der Waals surface area contributed by atoms with Crippen LogP contribution in [0.3, 0.4) is 0 Å². The molecule has 1 saturated heterocycles. The number of hydrogen-bond donors (Lipinski definition) is 0. The Morgan fingerprint density at radius 1 is 1.53 bits per heavy atom. The van der Waals surface area contributed by atoms with Gasteiger partial charge in [0, 0.05) is 22.7 Å². The lowest BCUT2D eigenvalue weighted by Crippen LogP contribution is -2.34. The van der Waals surface area contributed by atoms with Crippen molar-refractivity contribution in [3.05, 3.63) is 34.8 Å². The minimum atomic E-state index is -0.304. The zero-order valence-corrected chi connectivity index (χ0v) is 12.2. The third-order valence-corrected chi connectivity index (χ3v) is 4.40. The Hall–Kier alpha value is -1.11. The van der Waals surface area contributed by atoms with E-state index in [1.807, 2.05) is 37.8 Å². The standard InChI is InChI=1S/C13H17BN2O2S/c1-10-13(2,3)18-14(17-10)11-7-15-16(8-11)9-12-5-4-6-19-12/h4-8,10H,9H2,1-3H3.